The van der Waals surface area contributed by atoms with Crippen molar-refractivity contribution >= 4 is 5.71 Å². The zero-order chi connectivity index (χ0) is 12.2. The number of aliphatic imine (C=N–C) groups is 1. The second-order valence-corrected chi connectivity index (χ2v) is 7.85. The fraction of sp³-hybridized carbons (Fsp3) is 0.941. The van der Waals surface area contributed by atoms with E-state index in [1.54, 1.807) is 25.0 Å². The van der Waals surface area contributed by atoms with Crippen LogP contribution in [0.3, 0.4) is 0 Å². The topological polar surface area (TPSA) is 12.4 Å². The van der Waals surface area contributed by atoms with Crippen LogP contribution in [0.4, 0.5) is 0 Å². The van der Waals surface area contributed by atoms with Gasteiger partial charge in [0.2, 0.25) is 0 Å². The van der Waals surface area contributed by atoms with Gasteiger partial charge in [-0.05, 0) is 76.0 Å². The van der Waals surface area contributed by atoms with E-state index in [9.17, 15) is 0 Å². The van der Waals surface area contributed by atoms with Crippen LogP contribution >= 0.6 is 0 Å². The Morgan fingerprint density at radius 1 is 0.889 bits per heavy atom. The second-order valence-electron chi connectivity index (χ2n) is 7.85. The molecule has 100 valence electrons. The van der Waals surface area contributed by atoms with Crippen LogP contribution in [0.5, 0.6) is 0 Å². The first kappa shape index (κ1) is 11.5. The summed E-state index contributed by atoms with van der Waals surface area (Å²) in [4.78, 5) is 5.18. The van der Waals surface area contributed by atoms with Crippen molar-refractivity contribution in [2.75, 3.05) is 0 Å². The monoisotopic (exact) mass is 245 g/mol. The molecular formula is C17H27N. The molecule has 0 aliphatic heterocycles. The molecule has 1 nitrogen and oxygen atoms in total. The van der Waals surface area contributed by atoms with Gasteiger partial charge in [-0.1, -0.05) is 12.8 Å². The number of nitrogens with zero attached hydrogens (tertiary/aromatic N) is 1. The molecule has 0 saturated heterocycles. The van der Waals surface area contributed by atoms with Gasteiger partial charge in [0.1, 0.15) is 0 Å². The van der Waals surface area contributed by atoms with Gasteiger partial charge in [0.15, 0.2) is 0 Å². The Bertz CT molecular complexity index is 327. The lowest BCUT2D eigenvalue weighted by Crippen LogP contribution is -2.49. The largest absolute Gasteiger partial charge is 0.291 e. The van der Waals surface area contributed by atoms with Crippen LogP contribution in [0.2, 0.25) is 0 Å². The lowest BCUT2D eigenvalue weighted by molar-refractivity contribution is -0.0128. The third kappa shape index (κ3) is 1.77. The van der Waals surface area contributed by atoms with E-state index >= 15 is 0 Å². The van der Waals surface area contributed by atoms with Crippen LogP contribution in [0.25, 0.3) is 0 Å². The minimum Gasteiger partial charge on any atom is -0.291 e. The summed E-state index contributed by atoms with van der Waals surface area (Å²) in [6.07, 6.45) is 14.7. The van der Waals surface area contributed by atoms with Gasteiger partial charge in [-0.3, -0.25) is 4.99 Å². The summed E-state index contributed by atoms with van der Waals surface area (Å²) in [5.74, 6) is 3.18. The molecule has 18 heavy (non-hydrogen) atoms. The molecule has 5 aliphatic carbocycles. The van der Waals surface area contributed by atoms with Gasteiger partial charge in [0.05, 0.1) is 0 Å². The molecule has 0 aromatic carbocycles. The van der Waals surface area contributed by atoms with Crippen LogP contribution in [-0.2, 0) is 0 Å². The molecule has 4 bridgehead atoms. The molecule has 0 unspecified atom stereocenters. The molecule has 0 spiro atoms. The lowest BCUT2D eigenvalue weighted by Gasteiger charge is -2.57. The van der Waals surface area contributed by atoms with E-state index in [0.29, 0.717) is 11.5 Å². The SMILES string of the molecule is CC(=NC1CCCC1)C12CC3CC(CC(C3)C1)C2. The molecule has 0 aromatic rings. The summed E-state index contributed by atoms with van der Waals surface area (Å²) in [7, 11) is 0. The summed E-state index contributed by atoms with van der Waals surface area (Å²) in [6, 6.07) is 0.693. The van der Waals surface area contributed by atoms with Crippen molar-refractivity contribution in [1.82, 2.24) is 0 Å². The number of hydrogen-bond acceptors (Lipinski definition) is 1. The minimum absolute atomic E-state index is 0.567. The summed E-state index contributed by atoms with van der Waals surface area (Å²) in [5.41, 5.74) is 2.13. The van der Waals surface area contributed by atoms with Gasteiger partial charge >= 0.3 is 0 Å². The van der Waals surface area contributed by atoms with Crippen molar-refractivity contribution in [3.8, 4) is 0 Å². The molecule has 5 saturated carbocycles. The maximum atomic E-state index is 5.18. The zero-order valence-corrected chi connectivity index (χ0v) is 11.8. The molecule has 5 fully saturated rings. The Hall–Kier alpha value is -0.330. The molecule has 0 amide bonds. The lowest BCUT2D eigenvalue weighted by atomic mass is 9.48. The molecule has 0 heterocycles. The maximum absolute atomic E-state index is 5.18. The van der Waals surface area contributed by atoms with Crippen molar-refractivity contribution in [3.63, 3.8) is 0 Å². The predicted octanol–water partition coefficient (Wildman–Crippen LogP) is 4.61. The van der Waals surface area contributed by atoms with Crippen LogP contribution in [0, 0.1) is 23.2 Å². The Morgan fingerprint density at radius 3 is 1.89 bits per heavy atom. The second kappa shape index (κ2) is 4.08. The third-order valence-electron chi connectivity index (χ3n) is 6.51. The van der Waals surface area contributed by atoms with Gasteiger partial charge in [-0.25, -0.2) is 0 Å². The van der Waals surface area contributed by atoms with Crippen LogP contribution in [-0.4, -0.2) is 11.8 Å². The van der Waals surface area contributed by atoms with Crippen molar-refractivity contribution in [2.24, 2.45) is 28.2 Å². The molecule has 0 radical (unpaired) electrons. The standard InChI is InChI=1S/C17H27N/c1-12(18-16-4-2-3-5-16)17-9-13-6-14(10-17)8-15(7-13)11-17/h13-16H,2-11H2,1H3. The Kier molecular flexibility index (Phi) is 2.61. The van der Waals surface area contributed by atoms with E-state index in [1.165, 1.54) is 44.9 Å². The van der Waals surface area contributed by atoms with Crippen molar-refractivity contribution < 1.29 is 0 Å². The van der Waals surface area contributed by atoms with Crippen molar-refractivity contribution in [1.29, 1.82) is 0 Å². The smallest absolute Gasteiger partial charge is 0.0499 e. The van der Waals surface area contributed by atoms with Crippen LogP contribution in [0.15, 0.2) is 4.99 Å². The minimum atomic E-state index is 0.567. The fourth-order valence-corrected chi connectivity index (χ4v) is 6.00. The highest BCUT2D eigenvalue weighted by Gasteiger charge is 2.52. The summed E-state index contributed by atoms with van der Waals surface area (Å²) in [6.45, 7) is 2.38. The first-order chi connectivity index (χ1) is 8.73. The maximum Gasteiger partial charge on any atom is 0.0499 e. The molecule has 0 atom stereocenters. The van der Waals surface area contributed by atoms with Gasteiger partial charge in [0, 0.05) is 17.2 Å². The molecular weight excluding hydrogens is 218 g/mol. The highest BCUT2D eigenvalue weighted by molar-refractivity contribution is 5.88. The molecule has 5 aliphatic rings. The quantitative estimate of drug-likeness (QED) is 0.630. The van der Waals surface area contributed by atoms with E-state index in [4.69, 9.17) is 4.99 Å². The molecule has 0 N–H and O–H groups in total. The summed E-state index contributed by atoms with van der Waals surface area (Å²) in [5, 5.41) is 0. The number of rotatable bonds is 2. The number of hydrogen-bond donors (Lipinski definition) is 0. The van der Waals surface area contributed by atoms with E-state index in [2.05, 4.69) is 6.92 Å². The summed E-state index contributed by atoms with van der Waals surface area (Å²) >= 11 is 0. The van der Waals surface area contributed by atoms with E-state index in [1.807, 2.05) is 0 Å². The highest BCUT2D eigenvalue weighted by Crippen LogP contribution is 2.60. The van der Waals surface area contributed by atoms with Gasteiger partial charge in [-0.15, -0.1) is 0 Å². The van der Waals surface area contributed by atoms with E-state index in [-0.39, 0.29) is 0 Å². The average Bonchev–Trinajstić information content (AvgIpc) is 2.79. The van der Waals surface area contributed by atoms with Crippen LogP contribution < -0.4 is 0 Å². The van der Waals surface area contributed by atoms with Crippen molar-refractivity contribution in [2.45, 2.75) is 77.2 Å². The first-order valence-electron chi connectivity index (χ1n) is 8.28. The Morgan fingerprint density at radius 2 is 1.39 bits per heavy atom. The van der Waals surface area contributed by atoms with Crippen LogP contribution in [0.1, 0.15) is 71.1 Å². The average molecular weight is 245 g/mol. The van der Waals surface area contributed by atoms with Gasteiger partial charge < -0.3 is 0 Å². The van der Waals surface area contributed by atoms with E-state index in [0.717, 1.165) is 17.8 Å². The first-order valence-corrected chi connectivity index (χ1v) is 8.28. The Labute approximate surface area is 111 Å². The van der Waals surface area contributed by atoms with Crippen molar-refractivity contribution in [3.05, 3.63) is 0 Å². The van der Waals surface area contributed by atoms with E-state index < -0.39 is 0 Å². The highest BCUT2D eigenvalue weighted by atomic mass is 14.8. The molecule has 0 aromatic heterocycles. The van der Waals surface area contributed by atoms with Gasteiger partial charge in [0.25, 0.3) is 0 Å². The predicted molar refractivity (Wildman–Crippen MR) is 76.0 cm³/mol. The normalized spacial score (nSPS) is 48.1. The van der Waals surface area contributed by atoms with Gasteiger partial charge in [-0.2, -0.15) is 0 Å². The summed E-state index contributed by atoms with van der Waals surface area (Å²) < 4.78 is 0. The molecule has 1 heteroatoms. The zero-order valence-electron chi connectivity index (χ0n) is 11.8. The fourth-order valence-electron chi connectivity index (χ4n) is 6.00. The molecule has 5 rings (SSSR count). The Balaban J connectivity index is 1.59. The third-order valence-corrected chi connectivity index (χ3v) is 6.51.